The molecule has 0 bridgehead atoms. The van der Waals surface area contributed by atoms with Gasteiger partial charge in [0.2, 0.25) is 0 Å². The van der Waals surface area contributed by atoms with Crippen LogP contribution < -0.4 is 5.73 Å². The van der Waals surface area contributed by atoms with E-state index in [-0.39, 0.29) is 0 Å². The molecule has 0 saturated carbocycles. The van der Waals surface area contributed by atoms with Crippen LogP contribution in [0.3, 0.4) is 0 Å². The molecule has 0 spiro atoms. The van der Waals surface area contributed by atoms with Gasteiger partial charge in [0.05, 0.1) is 17.3 Å². The van der Waals surface area contributed by atoms with Gasteiger partial charge in [0.25, 0.3) is 5.91 Å². The molecular formula is C12H11N3O. The van der Waals surface area contributed by atoms with Gasteiger partial charge in [0, 0.05) is 17.4 Å². The average Bonchev–Trinajstić information content (AvgIpc) is 2.74. The molecule has 0 unspecified atom stereocenters. The predicted molar refractivity (Wildman–Crippen MR) is 61.8 cm³/mol. The number of H-pyrrole nitrogens is 1. The Bertz CT molecular complexity index is 601. The van der Waals surface area contributed by atoms with Gasteiger partial charge in [0.15, 0.2) is 0 Å². The molecule has 80 valence electrons. The molecule has 3 N–H and O–H groups in total. The minimum absolute atomic E-state index is 0.439. The number of benzene rings is 1. The third-order valence-corrected chi connectivity index (χ3v) is 2.28. The first-order valence-corrected chi connectivity index (χ1v) is 4.98. The molecule has 1 heterocycles. The van der Waals surface area contributed by atoms with E-state index in [0.29, 0.717) is 11.1 Å². The summed E-state index contributed by atoms with van der Waals surface area (Å²) in [6, 6.07) is 3.46. The monoisotopic (exact) mass is 213 g/mol. The van der Waals surface area contributed by atoms with Gasteiger partial charge in [0.1, 0.15) is 0 Å². The summed E-state index contributed by atoms with van der Waals surface area (Å²) in [5.41, 5.74) is 7.21. The molecule has 0 aliphatic heterocycles. The van der Waals surface area contributed by atoms with Gasteiger partial charge in [-0.1, -0.05) is 18.8 Å². The zero-order valence-corrected chi connectivity index (χ0v) is 8.87. The Balaban J connectivity index is 2.68. The first kappa shape index (κ1) is 10.2. The molecule has 16 heavy (non-hydrogen) atoms. The predicted octanol–water partition coefficient (Wildman–Crippen LogP) is 1.42. The fourth-order valence-corrected chi connectivity index (χ4v) is 1.53. The van der Waals surface area contributed by atoms with Crippen LogP contribution in [0.15, 0.2) is 18.3 Å². The van der Waals surface area contributed by atoms with E-state index in [2.05, 4.69) is 22.0 Å². The Morgan fingerprint density at radius 3 is 3.06 bits per heavy atom. The fourth-order valence-electron chi connectivity index (χ4n) is 1.53. The number of fused-ring (bicyclic) bond motifs is 1. The van der Waals surface area contributed by atoms with Gasteiger partial charge in [-0.2, -0.15) is 5.10 Å². The number of rotatable bonds is 1. The van der Waals surface area contributed by atoms with Crippen LogP contribution in [0.4, 0.5) is 0 Å². The normalized spacial score (nSPS) is 9.81. The van der Waals surface area contributed by atoms with E-state index in [1.807, 2.05) is 6.92 Å². The lowest BCUT2D eigenvalue weighted by molar-refractivity contribution is 0.100. The van der Waals surface area contributed by atoms with Crippen molar-refractivity contribution < 1.29 is 4.79 Å². The fraction of sp³-hybridized carbons (Fsp3) is 0.167. The summed E-state index contributed by atoms with van der Waals surface area (Å²) in [6.07, 6.45) is 2.44. The summed E-state index contributed by atoms with van der Waals surface area (Å²) in [5.74, 6) is 5.55. The van der Waals surface area contributed by atoms with Gasteiger partial charge in [-0.3, -0.25) is 9.89 Å². The quantitative estimate of drug-likeness (QED) is 0.703. The van der Waals surface area contributed by atoms with Crippen LogP contribution in [0.5, 0.6) is 0 Å². The van der Waals surface area contributed by atoms with Gasteiger partial charge in [-0.05, 0) is 12.1 Å². The van der Waals surface area contributed by atoms with Crippen molar-refractivity contribution >= 4 is 16.8 Å². The molecule has 0 aliphatic rings. The summed E-state index contributed by atoms with van der Waals surface area (Å²) >= 11 is 0. The summed E-state index contributed by atoms with van der Waals surface area (Å²) in [5, 5.41) is 7.51. The molecule has 1 aromatic heterocycles. The Morgan fingerprint density at radius 2 is 2.38 bits per heavy atom. The second kappa shape index (κ2) is 4.07. The van der Waals surface area contributed by atoms with Gasteiger partial charge in [-0.25, -0.2) is 0 Å². The number of aromatic amines is 1. The van der Waals surface area contributed by atoms with Crippen molar-refractivity contribution in [2.24, 2.45) is 5.73 Å². The molecule has 0 aliphatic carbocycles. The van der Waals surface area contributed by atoms with Crippen molar-refractivity contribution in [2.75, 3.05) is 0 Å². The van der Waals surface area contributed by atoms with Crippen molar-refractivity contribution in [1.29, 1.82) is 0 Å². The summed E-state index contributed by atoms with van der Waals surface area (Å²) in [6.45, 7) is 1.98. The van der Waals surface area contributed by atoms with Crippen LogP contribution in [0.2, 0.25) is 0 Å². The number of nitrogens with zero attached hydrogens (tertiary/aromatic N) is 1. The van der Waals surface area contributed by atoms with Crippen LogP contribution in [-0.2, 0) is 0 Å². The van der Waals surface area contributed by atoms with Crippen LogP contribution in [0, 0.1) is 11.8 Å². The summed E-state index contributed by atoms with van der Waals surface area (Å²) in [4.78, 5) is 11.2. The van der Waals surface area contributed by atoms with E-state index < -0.39 is 5.91 Å². The molecule has 2 rings (SSSR count). The zero-order chi connectivity index (χ0) is 11.5. The third kappa shape index (κ3) is 1.63. The lowest BCUT2D eigenvalue weighted by Crippen LogP contribution is -2.11. The van der Waals surface area contributed by atoms with E-state index in [1.165, 1.54) is 0 Å². The lowest BCUT2D eigenvalue weighted by Gasteiger charge is -1.99. The first-order chi connectivity index (χ1) is 7.74. The maximum Gasteiger partial charge on any atom is 0.250 e. The van der Waals surface area contributed by atoms with Crippen molar-refractivity contribution in [3.8, 4) is 11.8 Å². The van der Waals surface area contributed by atoms with Gasteiger partial charge >= 0.3 is 0 Å². The highest BCUT2D eigenvalue weighted by Crippen LogP contribution is 2.19. The van der Waals surface area contributed by atoms with Crippen molar-refractivity contribution in [2.45, 2.75) is 13.3 Å². The average molecular weight is 213 g/mol. The SMILES string of the molecule is CCC#Cc1ccc(C(N)=O)c2[nH]ncc12. The summed E-state index contributed by atoms with van der Waals surface area (Å²) < 4.78 is 0. The van der Waals surface area contributed by atoms with Crippen LogP contribution in [0.25, 0.3) is 10.9 Å². The number of nitrogens with one attached hydrogen (secondary N) is 1. The van der Waals surface area contributed by atoms with E-state index >= 15 is 0 Å². The Morgan fingerprint density at radius 1 is 1.56 bits per heavy atom. The largest absolute Gasteiger partial charge is 0.366 e. The number of aromatic nitrogens is 2. The van der Waals surface area contributed by atoms with Crippen LogP contribution >= 0.6 is 0 Å². The van der Waals surface area contributed by atoms with Crippen molar-refractivity contribution in [3.05, 3.63) is 29.5 Å². The summed E-state index contributed by atoms with van der Waals surface area (Å²) in [7, 11) is 0. The molecule has 1 amide bonds. The number of nitrogens with two attached hydrogens (primary N) is 1. The second-order valence-electron chi connectivity index (χ2n) is 3.34. The zero-order valence-electron chi connectivity index (χ0n) is 8.87. The van der Waals surface area contributed by atoms with Gasteiger partial charge in [-0.15, -0.1) is 0 Å². The van der Waals surface area contributed by atoms with E-state index in [0.717, 1.165) is 17.4 Å². The molecular weight excluding hydrogens is 202 g/mol. The van der Waals surface area contributed by atoms with Crippen molar-refractivity contribution in [3.63, 3.8) is 0 Å². The Hall–Kier alpha value is -2.28. The molecule has 0 atom stereocenters. The highest BCUT2D eigenvalue weighted by atomic mass is 16.1. The molecule has 0 fully saturated rings. The molecule has 4 heteroatoms. The molecule has 0 radical (unpaired) electrons. The maximum absolute atomic E-state index is 11.2. The van der Waals surface area contributed by atoms with E-state index in [9.17, 15) is 4.79 Å². The van der Waals surface area contributed by atoms with Crippen LogP contribution in [0.1, 0.15) is 29.3 Å². The van der Waals surface area contributed by atoms with E-state index in [4.69, 9.17) is 5.73 Å². The highest BCUT2D eigenvalue weighted by Gasteiger charge is 2.10. The number of hydrogen-bond donors (Lipinski definition) is 2. The van der Waals surface area contributed by atoms with Crippen LogP contribution in [-0.4, -0.2) is 16.1 Å². The minimum atomic E-state index is -0.468. The maximum atomic E-state index is 11.2. The smallest absolute Gasteiger partial charge is 0.250 e. The van der Waals surface area contributed by atoms with Gasteiger partial charge < -0.3 is 5.73 Å². The number of primary amides is 1. The Kier molecular flexibility index (Phi) is 2.61. The molecule has 4 nitrogen and oxygen atoms in total. The number of carbonyl (C=O) groups is 1. The number of amides is 1. The standard InChI is InChI=1S/C12H11N3O/c1-2-3-4-8-5-6-9(12(13)16)11-10(8)7-14-15-11/h5-7H,2H2,1H3,(H2,13,16)(H,14,15). The first-order valence-electron chi connectivity index (χ1n) is 4.98. The minimum Gasteiger partial charge on any atom is -0.366 e. The molecule has 0 saturated heterocycles. The Labute approximate surface area is 92.8 Å². The second-order valence-corrected chi connectivity index (χ2v) is 3.34. The molecule has 1 aromatic carbocycles. The third-order valence-electron chi connectivity index (χ3n) is 2.28. The molecule has 2 aromatic rings. The highest BCUT2D eigenvalue weighted by molar-refractivity contribution is 6.05. The topological polar surface area (TPSA) is 71.8 Å². The number of carbonyl (C=O) groups excluding carboxylic acids is 1. The lowest BCUT2D eigenvalue weighted by atomic mass is 10.1. The number of hydrogen-bond acceptors (Lipinski definition) is 2. The van der Waals surface area contributed by atoms with Crippen molar-refractivity contribution in [1.82, 2.24) is 10.2 Å². The van der Waals surface area contributed by atoms with E-state index in [1.54, 1.807) is 18.3 Å².